The molecule has 2 nitrogen and oxygen atoms in total. The molecule has 0 bridgehead atoms. The van der Waals surface area contributed by atoms with Crippen LogP contribution in [0.5, 0.6) is 0 Å². The van der Waals surface area contributed by atoms with E-state index in [0.29, 0.717) is 17.5 Å². The SMILES string of the molecule is O=C(c1ccc(F)c(S)c1)N1CCCC1C1CCCC1. The summed E-state index contributed by atoms with van der Waals surface area (Å²) in [5.74, 6) is 0.325. The molecule has 0 radical (unpaired) electrons. The van der Waals surface area contributed by atoms with Crippen molar-refractivity contribution in [3.05, 3.63) is 29.6 Å². The van der Waals surface area contributed by atoms with Crippen molar-refractivity contribution in [1.29, 1.82) is 0 Å². The molecular weight excluding hydrogens is 273 g/mol. The first-order valence-electron chi connectivity index (χ1n) is 7.46. The second-order valence-electron chi connectivity index (χ2n) is 5.92. The molecule has 4 heteroatoms. The lowest BCUT2D eigenvalue weighted by molar-refractivity contribution is 0.0688. The van der Waals surface area contributed by atoms with Crippen molar-refractivity contribution >= 4 is 18.5 Å². The highest BCUT2D eigenvalue weighted by molar-refractivity contribution is 7.80. The number of likely N-dealkylation sites (tertiary alicyclic amines) is 1. The number of nitrogens with zero attached hydrogens (tertiary/aromatic N) is 1. The van der Waals surface area contributed by atoms with Gasteiger partial charge in [-0.25, -0.2) is 4.39 Å². The molecule has 2 aliphatic rings. The number of carbonyl (C=O) groups excluding carboxylic acids is 1. The molecule has 20 heavy (non-hydrogen) atoms. The van der Waals surface area contributed by atoms with Crippen molar-refractivity contribution in [3.63, 3.8) is 0 Å². The van der Waals surface area contributed by atoms with Crippen LogP contribution in [-0.4, -0.2) is 23.4 Å². The predicted octanol–water partition coefficient (Wildman–Crippen LogP) is 3.91. The molecule has 1 heterocycles. The van der Waals surface area contributed by atoms with Gasteiger partial charge in [0.2, 0.25) is 0 Å². The third-order valence-electron chi connectivity index (χ3n) is 4.70. The number of rotatable bonds is 2. The summed E-state index contributed by atoms with van der Waals surface area (Å²) in [5, 5.41) is 0. The van der Waals surface area contributed by atoms with Crippen molar-refractivity contribution in [2.45, 2.75) is 49.5 Å². The highest BCUT2D eigenvalue weighted by Gasteiger charge is 2.36. The molecule has 108 valence electrons. The van der Waals surface area contributed by atoms with Crippen LogP contribution in [-0.2, 0) is 0 Å². The van der Waals surface area contributed by atoms with Gasteiger partial charge in [-0.05, 0) is 49.8 Å². The first kappa shape index (κ1) is 13.9. The summed E-state index contributed by atoms with van der Waals surface area (Å²) in [7, 11) is 0. The van der Waals surface area contributed by atoms with E-state index in [2.05, 4.69) is 12.6 Å². The van der Waals surface area contributed by atoms with Crippen LogP contribution in [0.25, 0.3) is 0 Å². The van der Waals surface area contributed by atoms with Crippen LogP contribution in [0.3, 0.4) is 0 Å². The summed E-state index contributed by atoms with van der Waals surface area (Å²) in [6.45, 7) is 0.833. The molecule has 1 atom stereocenters. The minimum Gasteiger partial charge on any atom is -0.335 e. The van der Waals surface area contributed by atoms with E-state index in [0.717, 1.165) is 19.4 Å². The topological polar surface area (TPSA) is 20.3 Å². The Morgan fingerprint density at radius 3 is 2.65 bits per heavy atom. The van der Waals surface area contributed by atoms with Crippen LogP contribution in [0.2, 0.25) is 0 Å². The van der Waals surface area contributed by atoms with Crippen molar-refractivity contribution < 1.29 is 9.18 Å². The quantitative estimate of drug-likeness (QED) is 0.820. The van der Waals surface area contributed by atoms with E-state index in [1.807, 2.05) is 4.90 Å². The standard InChI is InChI=1S/C16H20FNOS/c17-13-8-7-12(10-15(13)20)16(19)18-9-3-6-14(18)11-4-1-2-5-11/h7-8,10-11,14,20H,1-6,9H2. The molecule has 1 amide bonds. The normalized spacial score (nSPS) is 23.5. The fourth-order valence-corrected chi connectivity index (χ4v) is 3.90. The molecule has 1 saturated heterocycles. The van der Waals surface area contributed by atoms with Crippen LogP contribution in [0.4, 0.5) is 4.39 Å². The lowest BCUT2D eigenvalue weighted by Crippen LogP contribution is -2.39. The van der Waals surface area contributed by atoms with Crippen molar-refractivity contribution in [3.8, 4) is 0 Å². The zero-order valence-electron chi connectivity index (χ0n) is 11.5. The van der Waals surface area contributed by atoms with E-state index in [1.54, 1.807) is 12.1 Å². The minimum atomic E-state index is -0.376. The van der Waals surface area contributed by atoms with Crippen LogP contribution < -0.4 is 0 Å². The number of amides is 1. The summed E-state index contributed by atoms with van der Waals surface area (Å²) in [5.41, 5.74) is 0.557. The Morgan fingerprint density at radius 2 is 1.95 bits per heavy atom. The molecule has 1 aliphatic heterocycles. The molecule has 1 saturated carbocycles. The second kappa shape index (κ2) is 5.76. The Morgan fingerprint density at radius 1 is 1.20 bits per heavy atom. The number of hydrogen-bond donors (Lipinski definition) is 1. The Kier molecular flexibility index (Phi) is 4.01. The summed E-state index contributed by atoms with van der Waals surface area (Å²) < 4.78 is 13.3. The highest BCUT2D eigenvalue weighted by Crippen LogP contribution is 2.36. The Hall–Kier alpha value is -1.03. The van der Waals surface area contributed by atoms with Gasteiger partial charge in [0, 0.05) is 23.0 Å². The van der Waals surface area contributed by atoms with Gasteiger partial charge in [-0.1, -0.05) is 12.8 Å². The third-order valence-corrected chi connectivity index (χ3v) is 5.04. The zero-order valence-corrected chi connectivity index (χ0v) is 12.4. The molecule has 0 N–H and O–H groups in total. The van der Waals surface area contributed by atoms with Gasteiger partial charge in [0.05, 0.1) is 0 Å². The zero-order chi connectivity index (χ0) is 14.1. The first-order valence-corrected chi connectivity index (χ1v) is 7.91. The molecular formula is C16H20FNOS. The molecule has 1 unspecified atom stereocenters. The Bertz CT molecular complexity index is 513. The average molecular weight is 293 g/mol. The van der Waals surface area contributed by atoms with E-state index in [-0.39, 0.29) is 16.6 Å². The van der Waals surface area contributed by atoms with Crippen LogP contribution in [0.1, 0.15) is 48.9 Å². The van der Waals surface area contributed by atoms with E-state index in [4.69, 9.17) is 0 Å². The molecule has 1 aliphatic carbocycles. The Labute approximate surface area is 124 Å². The molecule has 0 aromatic heterocycles. The summed E-state index contributed by atoms with van der Waals surface area (Å²) in [4.78, 5) is 14.9. The fraction of sp³-hybridized carbons (Fsp3) is 0.562. The van der Waals surface area contributed by atoms with Crippen LogP contribution in [0, 0.1) is 11.7 Å². The number of carbonyl (C=O) groups is 1. The van der Waals surface area contributed by atoms with Crippen molar-refractivity contribution in [1.82, 2.24) is 4.90 Å². The van der Waals surface area contributed by atoms with Gasteiger partial charge in [-0.2, -0.15) is 0 Å². The van der Waals surface area contributed by atoms with Gasteiger partial charge in [0.25, 0.3) is 5.91 Å². The smallest absolute Gasteiger partial charge is 0.254 e. The van der Waals surface area contributed by atoms with E-state index >= 15 is 0 Å². The lowest BCUT2D eigenvalue weighted by atomic mass is 9.95. The number of benzene rings is 1. The van der Waals surface area contributed by atoms with Crippen LogP contribution in [0.15, 0.2) is 23.1 Å². The van der Waals surface area contributed by atoms with E-state index in [9.17, 15) is 9.18 Å². The molecule has 1 aromatic carbocycles. The van der Waals surface area contributed by atoms with E-state index in [1.165, 1.54) is 31.7 Å². The largest absolute Gasteiger partial charge is 0.335 e. The van der Waals surface area contributed by atoms with Crippen LogP contribution >= 0.6 is 12.6 Å². The van der Waals surface area contributed by atoms with Gasteiger partial charge in [0.15, 0.2) is 0 Å². The fourth-order valence-electron chi connectivity index (χ4n) is 3.69. The van der Waals surface area contributed by atoms with Gasteiger partial charge >= 0.3 is 0 Å². The molecule has 2 fully saturated rings. The number of hydrogen-bond acceptors (Lipinski definition) is 2. The maximum absolute atomic E-state index is 13.3. The molecule has 1 aromatic rings. The van der Waals surface area contributed by atoms with Crippen molar-refractivity contribution in [2.75, 3.05) is 6.54 Å². The first-order chi connectivity index (χ1) is 9.66. The minimum absolute atomic E-state index is 0.0368. The van der Waals surface area contributed by atoms with Gasteiger partial charge in [-0.15, -0.1) is 12.6 Å². The van der Waals surface area contributed by atoms with Gasteiger partial charge in [0.1, 0.15) is 5.82 Å². The van der Waals surface area contributed by atoms with Gasteiger partial charge in [-0.3, -0.25) is 4.79 Å². The summed E-state index contributed by atoms with van der Waals surface area (Å²) in [6.07, 6.45) is 7.28. The third kappa shape index (κ3) is 2.58. The summed E-state index contributed by atoms with van der Waals surface area (Å²) >= 11 is 4.07. The maximum Gasteiger partial charge on any atom is 0.254 e. The number of thiol groups is 1. The number of halogens is 1. The Balaban J connectivity index is 1.79. The monoisotopic (exact) mass is 293 g/mol. The lowest BCUT2D eigenvalue weighted by Gasteiger charge is -2.29. The molecule has 0 spiro atoms. The average Bonchev–Trinajstić information content (AvgIpc) is 3.10. The summed E-state index contributed by atoms with van der Waals surface area (Å²) in [6, 6.07) is 4.83. The van der Waals surface area contributed by atoms with Gasteiger partial charge < -0.3 is 4.90 Å². The molecule has 3 rings (SSSR count). The van der Waals surface area contributed by atoms with Crippen molar-refractivity contribution in [2.24, 2.45) is 5.92 Å². The predicted molar refractivity (Wildman–Crippen MR) is 79.7 cm³/mol. The second-order valence-corrected chi connectivity index (χ2v) is 6.40. The highest BCUT2D eigenvalue weighted by atomic mass is 32.1. The van der Waals surface area contributed by atoms with E-state index < -0.39 is 0 Å². The maximum atomic E-state index is 13.3.